The second kappa shape index (κ2) is 6.43. The van der Waals surface area contributed by atoms with E-state index in [1.807, 2.05) is 32.0 Å². The molecule has 0 saturated carbocycles. The van der Waals surface area contributed by atoms with Crippen LogP contribution in [0.2, 0.25) is 0 Å². The average molecular weight is 348 g/mol. The van der Waals surface area contributed by atoms with Gasteiger partial charge in [0.1, 0.15) is 0 Å². The van der Waals surface area contributed by atoms with Gasteiger partial charge in [0.05, 0.1) is 11.3 Å². The normalized spacial score (nSPS) is 17.7. The molecule has 1 unspecified atom stereocenters. The van der Waals surface area contributed by atoms with Crippen LogP contribution in [0.25, 0.3) is 11.1 Å². The van der Waals surface area contributed by atoms with Crippen molar-refractivity contribution in [2.24, 2.45) is 0 Å². The number of anilines is 1. The Morgan fingerprint density at radius 1 is 1.16 bits per heavy atom. The molecule has 132 valence electrons. The first-order valence-electron chi connectivity index (χ1n) is 8.16. The molecule has 2 aromatic rings. The summed E-state index contributed by atoms with van der Waals surface area (Å²) in [6, 6.07) is 10.5. The van der Waals surface area contributed by atoms with Crippen LogP contribution in [0, 0.1) is 6.92 Å². The summed E-state index contributed by atoms with van der Waals surface area (Å²) in [6.07, 6.45) is -3.54. The van der Waals surface area contributed by atoms with E-state index >= 15 is 0 Å². The minimum atomic E-state index is -4.36. The largest absolute Gasteiger partial charge is 0.416 e. The average Bonchev–Trinajstić information content (AvgIpc) is 2.95. The molecule has 1 saturated heterocycles. The molecule has 0 radical (unpaired) electrons. The van der Waals surface area contributed by atoms with Gasteiger partial charge >= 0.3 is 12.2 Å². The smallest absolute Gasteiger partial charge is 0.333 e. The van der Waals surface area contributed by atoms with E-state index in [0.29, 0.717) is 17.8 Å². The number of amides is 2. The molecule has 1 atom stereocenters. The van der Waals surface area contributed by atoms with Crippen LogP contribution in [0.4, 0.5) is 23.7 Å². The Morgan fingerprint density at radius 3 is 2.40 bits per heavy atom. The Labute approximate surface area is 144 Å². The Bertz CT molecular complexity index is 784. The Kier molecular flexibility index (Phi) is 4.45. The quantitative estimate of drug-likeness (QED) is 0.833. The van der Waals surface area contributed by atoms with Crippen molar-refractivity contribution in [3.63, 3.8) is 0 Å². The molecule has 6 heteroatoms. The molecule has 0 aromatic heterocycles. The number of rotatable bonds is 3. The molecule has 1 aliphatic heterocycles. The molecule has 1 heterocycles. The maximum atomic E-state index is 12.8. The highest BCUT2D eigenvalue weighted by atomic mass is 19.4. The first-order valence-corrected chi connectivity index (χ1v) is 8.16. The van der Waals surface area contributed by atoms with Crippen LogP contribution in [-0.4, -0.2) is 18.6 Å². The van der Waals surface area contributed by atoms with Gasteiger partial charge in [0.15, 0.2) is 0 Å². The molecular formula is C19H19F3N2O. The maximum Gasteiger partial charge on any atom is 0.416 e. The van der Waals surface area contributed by atoms with Crippen molar-refractivity contribution < 1.29 is 18.0 Å². The van der Waals surface area contributed by atoms with Gasteiger partial charge in [-0.2, -0.15) is 13.2 Å². The van der Waals surface area contributed by atoms with E-state index in [1.54, 1.807) is 4.90 Å². The molecule has 0 spiro atoms. The summed E-state index contributed by atoms with van der Waals surface area (Å²) in [5.41, 5.74) is 2.38. The van der Waals surface area contributed by atoms with Gasteiger partial charge in [0.25, 0.3) is 0 Å². The molecular weight excluding hydrogens is 329 g/mol. The lowest BCUT2D eigenvalue weighted by atomic mass is 9.96. The van der Waals surface area contributed by atoms with E-state index in [4.69, 9.17) is 0 Å². The van der Waals surface area contributed by atoms with Gasteiger partial charge < -0.3 is 5.32 Å². The van der Waals surface area contributed by atoms with Crippen molar-refractivity contribution in [1.82, 2.24) is 5.32 Å². The van der Waals surface area contributed by atoms with E-state index in [-0.39, 0.29) is 12.1 Å². The van der Waals surface area contributed by atoms with Crippen molar-refractivity contribution >= 4 is 11.7 Å². The summed E-state index contributed by atoms with van der Waals surface area (Å²) >= 11 is 0. The number of benzene rings is 2. The van der Waals surface area contributed by atoms with Crippen LogP contribution >= 0.6 is 0 Å². The molecule has 0 bridgehead atoms. The fourth-order valence-electron chi connectivity index (χ4n) is 3.12. The zero-order valence-electron chi connectivity index (χ0n) is 14.0. The number of hydrogen-bond acceptors (Lipinski definition) is 1. The summed E-state index contributed by atoms with van der Waals surface area (Å²) in [5, 5.41) is 2.92. The summed E-state index contributed by atoms with van der Waals surface area (Å²) in [4.78, 5) is 14.0. The predicted octanol–water partition coefficient (Wildman–Crippen LogP) is 4.99. The zero-order valence-corrected chi connectivity index (χ0v) is 14.0. The fourth-order valence-corrected chi connectivity index (χ4v) is 3.12. The molecule has 3 nitrogen and oxygen atoms in total. The number of hydrogen-bond donors (Lipinski definition) is 1. The van der Waals surface area contributed by atoms with Gasteiger partial charge in [0, 0.05) is 18.2 Å². The fraction of sp³-hybridized carbons (Fsp3) is 0.316. The number of urea groups is 1. The number of carbonyl (C=O) groups is 1. The molecule has 1 N–H and O–H groups in total. The summed E-state index contributed by atoms with van der Waals surface area (Å²) < 4.78 is 38.4. The second-order valence-corrected chi connectivity index (χ2v) is 6.21. The van der Waals surface area contributed by atoms with E-state index in [9.17, 15) is 18.0 Å². The van der Waals surface area contributed by atoms with Gasteiger partial charge in [-0.1, -0.05) is 31.2 Å². The third-order valence-corrected chi connectivity index (χ3v) is 4.51. The highest BCUT2D eigenvalue weighted by Gasteiger charge is 2.32. The van der Waals surface area contributed by atoms with Gasteiger partial charge in [-0.25, -0.2) is 4.79 Å². The first kappa shape index (κ1) is 17.3. The van der Waals surface area contributed by atoms with Crippen molar-refractivity contribution in [3.8, 4) is 11.1 Å². The van der Waals surface area contributed by atoms with Crippen molar-refractivity contribution in [3.05, 3.63) is 53.6 Å². The highest BCUT2D eigenvalue weighted by molar-refractivity contribution is 5.99. The molecule has 3 rings (SSSR count). The van der Waals surface area contributed by atoms with Gasteiger partial charge in [0.2, 0.25) is 0 Å². The lowest BCUT2D eigenvalue weighted by molar-refractivity contribution is -0.137. The molecule has 0 aliphatic carbocycles. The molecule has 1 aliphatic rings. The van der Waals surface area contributed by atoms with Crippen LogP contribution in [-0.2, 0) is 6.18 Å². The number of nitrogens with zero attached hydrogens (tertiary/aromatic N) is 1. The number of alkyl halides is 3. The van der Waals surface area contributed by atoms with E-state index in [2.05, 4.69) is 5.32 Å². The zero-order chi connectivity index (χ0) is 18.2. The number of carbonyl (C=O) groups excluding carboxylic acids is 1. The molecule has 1 fully saturated rings. The van der Waals surface area contributed by atoms with Gasteiger partial charge in [-0.3, -0.25) is 4.90 Å². The van der Waals surface area contributed by atoms with Crippen LogP contribution in [0.3, 0.4) is 0 Å². The van der Waals surface area contributed by atoms with Crippen LogP contribution in [0.1, 0.15) is 24.5 Å². The van der Waals surface area contributed by atoms with Crippen LogP contribution in [0.5, 0.6) is 0 Å². The third kappa shape index (κ3) is 3.34. The van der Waals surface area contributed by atoms with E-state index < -0.39 is 11.7 Å². The lowest BCUT2D eigenvalue weighted by Crippen LogP contribution is -2.28. The standard InChI is InChI=1S/C19H19F3N2O/c1-3-15-11-24(18(25)23-15)16-6-4-5-12(2)17(16)13-7-9-14(10-8-13)19(20,21)22/h4-10,15H,3,11H2,1-2H3,(H,23,25). The minimum Gasteiger partial charge on any atom is -0.333 e. The molecule has 2 aromatic carbocycles. The minimum absolute atomic E-state index is 0.0773. The van der Waals surface area contributed by atoms with Crippen LogP contribution < -0.4 is 10.2 Å². The predicted molar refractivity (Wildman–Crippen MR) is 91.6 cm³/mol. The van der Waals surface area contributed by atoms with Crippen LogP contribution in [0.15, 0.2) is 42.5 Å². The van der Waals surface area contributed by atoms with Gasteiger partial charge in [-0.15, -0.1) is 0 Å². The summed E-state index contributed by atoms with van der Waals surface area (Å²) in [7, 11) is 0. The summed E-state index contributed by atoms with van der Waals surface area (Å²) in [5.74, 6) is 0. The Hall–Kier alpha value is -2.50. The Morgan fingerprint density at radius 2 is 1.84 bits per heavy atom. The third-order valence-electron chi connectivity index (χ3n) is 4.51. The summed E-state index contributed by atoms with van der Waals surface area (Å²) in [6.45, 7) is 4.44. The monoisotopic (exact) mass is 348 g/mol. The molecule has 2 amide bonds. The highest BCUT2D eigenvalue weighted by Crippen LogP contribution is 2.37. The number of halogens is 3. The number of aryl methyl sites for hydroxylation is 1. The second-order valence-electron chi connectivity index (χ2n) is 6.21. The van der Waals surface area contributed by atoms with Crippen molar-refractivity contribution in [1.29, 1.82) is 0 Å². The Balaban J connectivity index is 2.04. The van der Waals surface area contributed by atoms with E-state index in [1.165, 1.54) is 12.1 Å². The van der Waals surface area contributed by atoms with Crippen molar-refractivity contribution in [2.45, 2.75) is 32.5 Å². The first-order chi connectivity index (χ1) is 11.8. The van der Waals surface area contributed by atoms with E-state index in [0.717, 1.165) is 29.7 Å². The molecule has 25 heavy (non-hydrogen) atoms. The topological polar surface area (TPSA) is 32.3 Å². The SMILES string of the molecule is CCC1CN(c2cccc(C)c2-c2ccc(C(F)(F)F)cc2)C(=O)N1. The number of nitrogens with one attached hydrogen (secondary N) is 1. The van der Waals surface area contributed by atoms with Crippen molar-refractivity contribution in [2.75, 3.05) is 11.4 Å². The lowest BCUT2D eigenvalue weighted by Gasteiger charge is -2.21. The van der Waals surface area contributed by atoms with Gasteiger partial charge in [-0.05, 0) is 42.7 Å². The maximum absolute atomic E-state index is 12.8.